The molecule has 0 radical (unpaired) electrons. The first-order chi connectivity index (χ1) is 9.50. The molecule has 1 aromatic rings. The van der Waals surface area contributed by atoms with Gasteiger partial charge in [0, 0.05) is 26.3 Å². The van der Waals surface area contributed by atoms with Crippen LogP contribution in [0.15, 0.2) is 18.3 Å². The normalized spacial score (nSPS) is 16.0. The Balaban J connectivity index is 2.09. The number of aliphatic carboxylic acids is 1. The molecule has 6 heteroatoms. The maximum atomic E-state index is 12.1. The molecule has 0 saturated carbocycles. The molecule has 1 aliphatic rings. The quantitative estimate of drug-likeness (QED) is 0.896. The third-order valence-corrected chi connectivity index (χ3v) is 3.68. The molecule has 1 N–H and O–H groups in total. The van der Waals surface area contributed by atoms with Gasteiger partial charge in [-0.2, -0.15) is 0 Å². The standard InChI is InChI=1S/C14H19N3O3/c1-10(14(19)20)16(2)13(18)11-5-6-12(15-9-11)17-7-3-4-8-17/h5-6,9-10H,3-4,7-8H2,1-2H3,(H,19,20)/t10-/m0/s1. The van der Waals surface area contributed by atoms with Crippen LogP contribution in [0, 0.1) is 0 Å². The molecule has 0 aromatic carbocycles. The van der Waals surface area contributed by atoms with Crippen molar-refractivity contribution in [1.29, 1.82) is 0 Å². The zero-order valence-electron chi connectivity index (χ0n) is 11.7. The fourth-order valence-electron chi connectivity index (χ4n) is 2.19. The fraction of sp³-hybridized carbons (Fsp3) is 0.500. The first-order valence-corrected chi connectivity index (χ1v) is 6.71. The second kappa shape index (κ2) is 5.90. The Morgan fingerprint density at radius 1 is 1.35 bits per heavy atom. The molecule has 1 atom stereocenters. The summed E-state index contributed by atoms with van der Waals surface area (Å²) in [7, 11) is 1.48. The minimum atomic E-state index is -1.03. The molecule has 20 heavy (non-hydrogen) atoms. The van der Waals surface area contributed by atoms with E-state index in [1.165, 1.54) is 37.9 Å². The van der Waals surface area contributed by atoms with E-state index in [2.05, 4.69) is 9.88 Å². The Morgan fingerprint density at radius 3 is 2.50 bits per heavy atom. The first kappa shape index (κ1) is 14.3. The van der Waals surface area contributed by atoms with Crippen LogP contribution in [0.25, 0.3) is 0 Å². The van der Waals surface area contributed by atoms with Crippen LogP contribution in [-0.2, 0) is 4.79 Å². The van der Waals surface area contributed by atoms with E-state index in [9.17, 15) is 9.59 Å². The number of nitrogens with zero attached hydrogens (tertiary/aromatic N) is 3. The van der Waals surface area contributed by atoms with Crippen molar-refractivity contribution in [1.82, 2.24) is 9.88 Å². The van der Waals surface area contributed by atoms with Gasteiger partial charge in [0.1, 0.15) is 11.9 Å². The van der Waals surface area contributed by atoms with Crippen LogP contribution in [0.3, 0.4) is 0 Å². The number of anilines is 1. The lowest BCUT2D eigenvalue weighted by atomic mass is 10.2. The van der Waals surface area contributed by atoms with Gasteiger partial charge in [0.05, 0.1) is 5.56 Å². The number of rotatable bonds is 4. The van der Waals surface area contributed by atoms with Crippen molar-refractivity contribution in [2.45, 2.75) is 25.8 Å². The van der Waals surface area contributed by atoms with E-state index in [1.54, 1.807) is 6.07 Å². The molecule has 0 bridgehead atoms. The average Bonchev–Trinajstić information content (AvgIpc) is 2.99. The Kier molecular flexibility index (Phi) is 4.22. The summed E-state index contributed by atoms with van der Waals surface area (Å²) in [5.41, 5.74) is 0.406. The number of carbonyl (C=O) groups is 2. The first-order valence-electron chi connectivity index (χ1n) is 6.71. The number of carboxylic acids is 1. The third-order valence-electron chi connectivity index (χ3n) is 3.68. The van der Waals surface area contributed by atoms with Crippen molar-refractivity contribution in [2.75, 3.05) is 25.0 Å². The van der Waals surface area contributed by atoms with Crippen LogP contribution in [0.4, 0.5) is 5.82 Å². The smallest absolute Gasteiger partial charge is 0.326 e. The van der Waals surface area contributed by atoms with E-state index in [4.69, 9.17) is 5.11 Å². The van der Waals surface area contributed by atoms with Crippen molar-refractivity contribution < 1.29 is 14.7 Å². The lowest BCUT2D eigenvalue weighted by molar-refractivity contribution is -0.141. The van der Waals surface area contributed by atoms with Gasteiger partial charge >= 0.3 is 5.97 Å². The van der Waals surface area contributed by atoms with E-state index < -0.39 is 12.0 Å². The van der Waals surface area contributed by atoms with E-state index in [0.717, 1.165) is 18.9 Å². The Bertz CT molecular complexity index is 495. The van der Waals surface area contributed by atoms with Gasteiger partial charge in [-0.05, 0) is 31.9 Å². The highest BCUT2D eigenvalue weighted by Crippen LogP contribution is 2.18. The highest BCUT2D eigenvalue weighted by molar-refractivity contribution is 5.96. The van der Waals surface area contributed by atoms with Gasteiger partial charge in [0.2, 0.25) is 0 Å². The van der Waals surface area contributed by atoms with Gasteiger partial charge in [0.15, 0.2) is 0 Å². The average molecular weight is 277 g/mol. The summed E-state index contributed by atoms with van der Waals surface area (Å²) in [5.74, 6) is -0.490. The summed E-state index contributed by atoms with van der Waals surface area (Å²) in [6.07, 6.45) is 3.85. The molecule has 0 unspecified atom stereocenters. The van der Waals surface area contributed by atoms with Gasteiger partial charge in [-0.25, -0.2) is 9.78 Å². The lowest BCUT2D eigenvalue weighted by Crippen LogP contribution is -2.40. The summed E-state index contributed by atoms with van der Waals surface area (Å²) in [6.45, 7) is 3.47. The highest BCUT2D eigenvalue weighted by Gasteiger charge is 2.23. The molecule has 1 saturated heterocycles. The number of carboxylic acid groups (broad SMARTS) is 1. The van der Waals surface area contributed by atoms with Gasteiger partial charge in [-0.1, -0.05) is 0 Å². The second-order valence-electron chi connectivity index (χ2n) is 5.03. The topological polar surface area (TPSA) is 73.7 Å². The maximum absolute atomic E-state index is 12.1. The molecule has 0 aliphatic carbocycles. The third kappa shape index (κ3) is 2.89. The molecule has 108 valence electrons. The van der Waals surface area contributed by atoms with Crippen molar-refractivity contribution in [3.05, 3.63) is 23.9 Å². The van der Waals surface area contributed by atoms with Crippen molar-refractivity contribution in [3.8, 4) is 0 Å². The highest BCUT2D eigenvalue weighted by atomic mass is 16.4. The van der Waals surface area contributed by atoms with Gasteiger partial charge in [-0.15, -0.1) is 0 Å². The predicted molar refractivity (Wildman–Crippen MR) is 74.9 cm³/mol. The summed E-state index contributed by atoms with van der Waals surface area (Å²) in [4.78, 5) is 30.7. The fourth-order valence-corrected chi connectivity index (χ4v) is 2.19. The molecule has 1 amide bonds. The molecule has 1 aliphatic heterocycles. The monoisotopic (exact) mass is 277 g/mol. The number of hydrogen-bond donors (Lipinski definition) is 1. The van der Waals surface area contributed by atoms with Gasteiger partial charge < -0.3 is 14.9 Å². The van der Waals surface area contributed by atoms with Crippen LogP contribution in [-0.4, -0.2) is 53.0 Å². The molecule has 2 rings (SSSR count). The number of pyridine rings is 1. The van der Waals surface area contributed by atoms with Crippen molar-refractivity contribution >= 4 is 17.7 Å². The van der Waals surface area contributed by atoms with E-state index in [1.807, 2.05) is 6.07 Å². The minimum Gasteiger partial charge on any atom is -0.480 e. The van der Waals surface area contributed by atoms with Crippen LogP contribution >= 0.6 is 0 Å². The number of hydrogen-bond acceptors (Lipinski definition) is 4. The van der Waals surface area contributed by atoms with Crippen LogP contribution in [0.2, 0.25) is 0 Å². The zero-order valence-corrected chi connectivity index (χ0v) is 11.7. The number of likely N-dealkylation sites (N-methyl/N-ethyl adjacent to an activating group) is 1. The molecule has 6 nitrogen and oxygen atoms in total. The van der Waals surface area contributed by atoms with E-state index >= 15 is 0 Å². The minimum absolute atomic E-state index is 0.333. The van der Waals surface area contributed by atoms with Crippen molar-refractivity contribution in [2.24, 2.45) is 0 Å². The van der Waals surface area contributed by atoms with Crippen LogP contribution in [0.5, 0.6) is 0 Å². The summed E-state index contributed by atoms with van der Waals surface area (Å²) >= 11 is 0. The van der Waals surface area contributed by atoms with Crippen LogP contribution in [0.1, 0.15) is 30.1 Å². The van der Waals surface area contributed by atoms with E-state index in [-0.39, 0.29) is 5.91 Å². The SMILES string of the molecule is C[C@@H](C(=O)O)N(C)C(=O)c1ccc(N2CCCC2)nc1. The summed E-state index contributed by atoms with van der Waals surface area (Å²) in [6, 6.07) is 2.66. The Labute approximate surface area is 118 Å². The molecular weight excluding hydrogens is 258 g/mol. The van der Waals surface area contributed by atoms with Crippen LogP contribution < -0.4 is 4.90 Å². The zero-order chi connectivity index (χ0) is 14.7. The number of carbonyl (C=O) groups excluding carboxylic acids is 1. The second-order valence-corrected chi connectivity index (χ2v) is 5.03. The Hall–Kier alpha value is -2.11. The number of aromatic nitrogens is 1. The largest absolute Gasteiger partial charge is 0.480 e. The van der Waals surface area contributed by atoms with Crippen molar-refractivity contribution in [3.63, 3.8) is 0 Å². The summed E-state index contributed by atoms with van der Waals surface area (Å²) in [5, 5.41) is 8.92. The molecular formula is C14H19N3O3. The molecule has 2 heterocycles. The Morgan fingerprint density at radius 2 is 2.00 bits per heavy atom. The van der Waals surface area contributed by atoms with E-state index in [0.29, 0.717) is 5.56 Å². The molecule has 1 fully saturated rings. The summed E-state index contributed by atoms with van der Waals surface area (Å²) < 4.78 is 0. The molecule has 1 aromatic heterocycles. The van der Waals surface area contributed by atoms with Gasteiger partial charge in [0.25, 0.3) is 5.91 Å². The van der Waals surface area contributed by atoms with Gasteiger partial charge in [-0.3, -0.25) is 4.79 Å². The lowest BCUT2D eigenvalue weighted by Gasteiger charge is -2.22. The molecule has 0 spiro atoms. The number of amides is 1. The predicted octanol–water partition coefficient (Wildman–Crippen LogP) is 1.23. The maximum Gasteiger partial charge on any atom is 0.326 e.